The van der Waals surface area contributed by atoms with Crippen LogP contribution in [0.3, 0.4) is 0 Å². The Morgan fingerprint density at radius 3 is 2.38 bits per heavy atom. The van der Waals surface area contributed by atoms with Gasteiger partial charge in [0.25, 0.3) is 0 Å². The van der Waals surface area contributed by atoms with Crippen molar-refractivity contribution in [2.45, 2.75) is 40.5 Å². The molecule has 0 saturated carbocycles. The van der Waals surface area contributed by atoms with Gasteiger partial charge in [-0.05, 0) is 12.8 Å². The second-order valence-corrected chi connectivity index (χ2v) is 5.30. The molecule has 1 rings (SSSR count). The standard InChI is InChI=1S/C11H20O2/c1-10(2,3)9(12)11(4)6-5-7-13-8-11/h5-8H2,1-4H3. The summed E-state index contributed by atoms with van der Waals surface area (Å²) in [5.41, 5.74) is -0.480. The average Bonchev–Trinajstić information content (AvgIpc) is 2.03. The van der Waals surface area contributed by atoms with Crippen LogP contribution in [0.2, 0.25) is 0 Å². The highest BCUT2D eigenvalue weighted by molar-refractivity contribution is 5.89. The van der Waals surface area contributed by atoms with Crippen LogP contribution in [-0.4, -0.2) is 19.0 Å². The third kappa shape index (κ3) is 2.31. The van der Waals surface area contributed by atoms with Gasteiger partial charge in [0, 0.05) is 12.0 Å². The van der Waals surface area contributed by atoms with Gasteiger partial charge in [0.15, 0.2) is 0 Å². The summed E-state index contributed by atoms with van der Waals surface area (Å²) in [6.45, 7) is 9.38. The molecule has 13 heavy (non-hydrogen) atoms. The largest absolute Gasteiger partial charge is 0.380 e. The van der Waals surface area contributed by atoms with Crippen LogP contribution in [0.5, 0.6) is 0 Å². The number of hydrogen-bond donors (Lipinski definition) is 0. The van der Waals surface area contributed by atoms with Gasteiger partial charge in [0.1, 0.15) is 5.78 Å². The van der Waals surface area contributed by atoms with E-state index in [0.29, 0.717) is 12.4 Å². The Bertz CT molecular complexity index is 195. The quantitative estimate of drug-likeness (QED) is 0.625. The van der Waals surface area contributed by atoms with Crippen molar-refractivity contribution in [3.63, 3.8) is 0 Å². The van der Waals surface area contributed by atoms with E-state index in [4.69, 9.17) is 4.74 Å². The molecule has 0 radical (unpaired) electrons. The van der Waals surface area contributed by atoms with E-state index >= 15 is 0 Å². The molecule has 0 aliphatic carbocycles. The maximum atomic E-state index is 12.1. The fourth-order valence-electron chi connectivity index (χ4n) is 2.02. The van der Waals surface area contributed by atoms with Crippen molar-refractivity contribution in [1.29, 1.82) is 0 Å². The third-order valence-electron chi connectivity index (χ3n) is 2.67. The molecule has 2 heteroatoms. The van der Waals surface area contributed by atoms with Crippen LogP contribution >= 0.6 is 0 Å². The van der Waals surface area contributed by atoms with Crippen LogP contribution < -0.4 is 0 Å². The maximum absolute atomic E-state index is 12.1. The number of rotatable bonds is 1. The van der Waals surface area contributed by atoms with Crippen molar-refractivity contribution in [3.8, 4) is 0 Å². The van der Waals surface area contributed by atoms with Crippen molar-refractivity contribution in [2.24, 2.45) is 10.8 Å². The van der Waals surface area contributed by atoms with E-state index in [-0.39, 0.29) is 10.8 Å². The van der Waals surface area contributed by atoms with Crippen LogP contribution in [0.15, 0.2) is 0 Å². The Hall–Kier alpha value is -0.370. The van der Waals surface area contributed by atoms with Crippen molar-refractivity contribution < 1.29 is 9.53 Å². The number of carbonyl (C=O) groups excluding carboxylic acids is 1. The molecule has 76 valence electrons. The zero-order valence-corrected chi connectivity index (χ0v) is 9.14. The highest BCUT2D eigenvalue weighted by Crippen LogP contribution is 2.35. The van der Waals surface area contributed by atoms with E-state index < -0.39 is 0 Å². The molecular formula is C11H20O2. The highest BCUT2D eigenvalue weighted by Gasteiger charge is 2.40. The van der Waals surface area contributed by atoms with E-state index in [1.165, 1.54) is 0 Å². The molecule has 1 fully saturated rings. The van der Waals surface area contributed by atoms with Gasteiger partial charge in [-0.3, -0.25) is 4.79 Å². The topological polar surface area (TPSA) is 26.3 Å². The molecule has 1 saturated heterocycles. The Morgan fingerprint density at radius 1 is 1.38 bits per heavy atom. The number of Topliss-reactive ketones (excluding diaryl/α,β-unsaturated/α-hetero) is 1. The second-order valence-electron chi connectivity index (χ2n) is 5.30. The van der Waals surface area contributed by atoms with Gasteiger partial charge >= 0.3 is 0 Å². The molecule has 0 aromatic heterocycles. The Kier molecular flexibility index (Phi) is 2.81. The Morgan fingerprint density at radius 2 is 2.00 bits per heavy atom. The minimum absolute atomic E-state index is 0.240. The first-order valence-electron chi connectivity index (χ1n) is 4.99. The van der Waals surface area contributed by atoms with E-state index in [2.05, 4.69) is 0 Å². The first-order chi connectivity index (χ1) is 5.86. The van der Waals surface area contributed by atoms with E-state index in [0.717, 1.165) is 19.4 Å². The van der Waals surface area contributed by atoms with E-state index in [1.54, 1.807) is 0 Å². The predicted octanol–water partition coefficient (Wildman–Crippen LogP) is 2.42. The number of carbonyl (C=O) groups is 1. The van der Waals surface area contributed by atoms with Crippen LogP contribution in [-0.2, 0) is 9.53 Å². The fourth-order valence-corrected chi connectivity index (χ4v) is 2.02. The summed E-state index contributed by atoms with van der Waals surface area (Å²) >= 11 is 0. The van der Waals surface area contributed by atoms with Crippen LogP contribution in [0.1, 0.15) is 40.5 Å². The molecular weight excluding hydrogens is 164 g/mol. The molecule has 2 nitrogen and oxygen atoms in total. The lowest BCUT2D eigenvalue weighted by Gasteiger charge is -2.36. The molecule has 0 aromatic carbocycles. The number of ketones is 1. The van der Waals surface area contributed by atoms with Gasteiger partial charge in [0.05, 0.1) is 12.0 Å². The maximum Gasteiger partial charge on any atom is 0.146 e. The molecule has 1 unspecified atom stereocenters. The van der Waals surface area contributed by atoms with Gasteiger partial charge < -0.3 is 4.74 Å². The summed E-state index contributed by atoms with van der Waals surface area (Å²) < 4.78 is 5.38. The Labute approximate surface area is 80.7 Å². The lowest BCUT2D eigenvalue weighted by atomic mass is 9.71. The molecule has 1 heterocycles. The van der Waals surface area contributed by atoms with Crippen molar-refractivity contribution in [3.05, 3.63) is 0 Å². The zero-order valence-electron chi connectivity index (χ0n) is 9.14. The van der Waals surface area contributed by atoms with Crippen LogP contribution in [0.4, 0.5) is 0 Å². The Balaban J connectivity index is 2.73. The van der Waals surface area contributed by atoms with Gasteiger partial charge in [-0.1, -0.05) is 27.7 Å². The summed E-state index contributed by atoms with van der Waals surface area (Å²) in [5.74, 6) is 0.333. The average molecular weight is 184 g/mol. The lowest BCUT2D eigenvalue weighted by Crippen LogP contribution is -2.42. The van der Waals surface area contributed by atoms with Gasteiger partial charge in [-0.15, -0.1) is 0 Å². The molecule has 0 spiro atoms. The molecule has 0 N–H and O–H groups in total. The zero-order chi connectivity index (χ0) is 10.1. The molecule has 1 atom stereocenters. The lowest BCUT2D eigenvalue weighted by molar-refractivity contribution is -0.143. The summed E-state index contributed by atoms with van der Waals surface area (Å²) in [6.07, 6.45) is 1.99. The van der Waals surface area contributed by atoms with E-state index in [9.17, 15) is 4.79 Å². The summed E-state index contributed by atoms with van der Waals surface area (Å²) in [4.78, 5) is 12.1. The van der Waals surface area contributed by atoms with E-state index in [1.807, 2.05) is 27.7 Å². The molecule has 0 amide bonds. The van der Waals surface area contributed by atoms with Crippen LogP contribution in [0, 0.1) is 10.8 Å². The normalized spacial score (nSPS) is 30.2. The first kappa shape index (κ1) is 10.7. The van der Waals surface area contributed by atoms with Gasteiger partial charge in [0.2, 0.25) is 0 Å². The predicted molar refractivity (Wildman–Crippen MR) is 52.6 cm³/mol. The summed E-state index contributed by atoms with van der Waals surface area (Å²) in [7, 11) is 0. The first-order valence-corrected chi connectivity index (χ1v) is 4.99. The third-order valence-corrected chi connectivity index (χ3v) is 2.67. The number of ether oxygens (including phenoxy) is 1. The molecule has 1 aliphatic rings. The van der Waals surface area contributed by atoms with Crippen molar-refractivity contribution in [1.82, 2.24) is 0 Å². The molecule has 0 bridgehead atoms. The minimum atomic E-state index is -0.241. The monoisotopic (exact) mass is 184 g/mol. The van der Waals surface area contributed by atoms with Crippen LogP contribution in [0.25, 0.3) is 0 Å². The minimum Gasteiger partial charge on any atom is -0.380 e. The molecule has 1 aliphatic heterocycles. The highest BCUT2D eigenvalue weighted by atomic mass is 16.5. The summed E-state index contributed by atoms with van der Waals surface area (Å²) in [5, 5.41) is 0. The number of hydrogen-bond acceptors (Lipinski definition) is 2. The second kappa shape index (κ2) is 3.41. The summed E-state index contributed by atoms with van der Waals surface area (Å²) in [6, 6.07) is 0. The molecule has 0 aromatic rings. The van der Waals surface area contributed by atoms with Gasteiger partial charge in [-0.25, -0.2) is 0 Å². The SMILES string of the molecule is CC(C)(C)C(=O)C1(C)CCCOC1. The van der Waals surface area contributed by atoms with Crippen molar-refractivity contribution >= 4 is 5.78 Å². The van der Waals surface area contributed by atoms with Gasteiger partial charge in [-0.2, -0.15) is 0 Å². The smallest absolute Gasteiger partial charge is 0.146 e. The fraction of sp³-hybridized carbons (Fsp3) is 0.909. The van der Waals surface area contributed by atoms with Crippen molar-refractivity contribution in [2.75, 3.05) is 13.2 Å².